The molecule has 1 amide bonds. The van der Waals surface area contributed by atoms with Gasteiger partial charge in [0.05, 0.1) is 11.1 Å². The number of benzene rings is 1. The highest BCUT2D eigenvalue weighted by Crippen LogP contribution is 2.23. The van der Waals surface area contributed by atoms with Crippen molar-refractivity contribution in [2.24, 2.45) is 0 Å². The molecule has 0 saturated carbocycles. The molecule has 0 aromatic heterocycles. The number of halogens is 2. The van der Waals surface area contributed by atoms with Crippen LogP contribution in [0.2, 0.25) is 5.02 Å². The van der Waals surface area contributed by atoms with Crippen LogP contribution in [0.3, 0.4) is 0 Å². The molecule has 3 nitrogen and oxygen atoms in total. The largest absolute Gasteiger partial charge is 0.343 e. The maximum Gasteiger partial charge on any atom is 0.251 e. The molecule has 1 aromatic rings. The van der Waals surface area contributed by atoms with E-state index in [-0.39, 0.29) is 11.7 Å². The summed E-state index contributed by atoms with van der Waals surface area (Å²) in [4.78, 5) is 23.2. The monoisotopic (exact) mass is 317 g/mol. The van der Waals surface area contributed by atoms with Gasteiger partial charge in [-0.1, -0.05) is 18.5 Å². The predicted molar refractivity (Wildman–Crippen MR) is 71.4 cm³/mol. The lowest BCUT2D eigenvalue weighted by atomic mass is 10.1. The number of amides is 1. The molecule has 0 aliphatic rings. The third-order valence-electron chi connectivity index (χ3n) is 2.36. The van der Waals surface area contributed by atoms with E-state index in [1.165, 1.54) is 0 Å². The van der Waals surface area contributed by atoms with Gasteiger partial charge >= 0.3 is 0 Å². The molecule has 1 unspecified atom stereocenters. The second-order valence-corrected chi connectivity index (χ2v) is 4.91. The summed E-state index contributed by atoms with van der Waals surface area (Å²) in [6.07, 6.45) is 0.408. The van der Waals surface area contributed by atoms with E-state index in [1.54, 1.807) is 32.0 Å². The molecule has 0 heterocycles. The second kappa shape index (κ2) is 6.17. The standard InChI is InChI=1S/C12H13BrClNO2/c1-3-11(16)7(2)15-12(17)8-4-5-10(14)9(13)6-8/h4-7H,3H2,1-2H3,(H,15,17). The summed E-state index contributed by atoms with van der Waals surface area (Å²) in [5, 5.41) is 3.18. The van der Waals surface area contributed by atoms with E-state index in [1.807, 2.05) is 0 Å². The highest BCUT2D eigenvalue weighted by molar-refractivity contribution is 9.10. The number of carbonyl (C=O) groups is 2. The number of carbonyl (C=O) groups excluding carboxylic acids is 2. The Morgan fingerprint density at radius 1 is 1.47 bits per heavy atom. The molecule has 0 aliphatic carbocycles. The first-order valence-corrected chi connectivity index (χ1v) is 6.41. The van der Waals surface area contributed by atoms with Gasteiger partial charge in [0, 0.05) is 16.5 Å². The Morgan fingerprint density at radius 2 is 2.12 bits per heavy atom. The van der Waals surface area contributed by atoms with Crippen LogP contribution in [-0.4, -0.2) is 17.7 Å². The minimum Gasteiger partial charge on any atom is -0.343 e. The molecule has 1 aromatic carbocycles. The lowest BCUT2D eigenvalue weighted by Crippen LogP contribution is -2.38. The van der Waals surface area contributed by atoms with Crippen molar-refractivity contribution in [2.45, 2.75) is 26.3 Å². The van der Waals surface area contributed by atoms with Gasteiger partial charge in [0.25, 0.3) is 5.91 Å². The maximum atomic E-state index is 11.8. The average Bonchev–Trinajstić information content (AvgIpc) is 2.31. The average molecular weight is 319 g/mol. The molecule has 5 heteroatoms. The fraction of sp³-hybridized carbons (Fsp3) is 0.333. The maximum absolute atomic E-state index is 11.8. The number of ketones is 1. The van der Waals surface area contributed by atoms with Crippen LogP contribution in [0, 0.1) is 0 Å². The van der Waals surface area contributed by atoms with Crippen molar-refractivity contribution in [3.8, 4) is 0 Å². The lowest BCUT2D eigenvalue weighted by Gasteiger charge is -2.12. The molecule has 0 radical (unpaired) electrons. The topological polar surface area (TPSA) is 46.2 Å². The quantitative estimate of drug-likeness (QED) is 0.926. The summed E-state index contributed by atoms with van der Waals surface area (Å²) in [6.45, 7) is 3.44. The zero-order valence-electron chi connectivity index (χ0n) is 9.59. The van der Waals surface area contributed by atoms with E-state index >= 15 is 0 Å². The molecule has 1 N–H and O–H groups in total. The van der Waals surface area contributed by atoms with Gasteiger partial charge in [-0.05, 0) is 41.1 Å². The summed E-state index contributed by atoms with van der Waals surface area (Å²) in [5.74, 6) is -0.275. The SMILES string of the molecule is CCC(=O)C(C)NC(=O)c1ccc(Cl)c(Br)c1. The van der Waals surface area contributed by atoms with Gasteiger partial charge in [-0.2, -0.15) is 0 Å². The number of Topliss-reactive ketones (excluding diaryl/α,β-unsaturated/α-hetero) is 1. The van der Waals surface area contributed by atoms with E-state index in [2.05, 4.69) is 21.2 Å². The summed E-state index contributed by atoms with van der Waals surface area (Å²) in [6, 6.07) is 4.40. The molecule has 0 fully saturated rings. The number of hydrogen-bond donors (Lipinski definition) is 1. The van der Waals surface area contributed by atoms with Crippen molar-refractivity contribution in [1.29, 1.82) is 0 Å². The van der Waals surface area contributed by atoms with Crippen molar-refractivity contribution in [3.05, 3.63) is 33.3 Å². The van der Waals surface area contributed by atoms with Crippen molar-refractivity contribution in [2.75, 3.05) is 0 Å². The summed E-state index contributed by atoms with van der Waals surface area (Å²) in [7, 11) is 0. The van der Waals surface area contributed by atoms with Crippen LogP contribution < -0.4 is 5.32 Å². The molecule has 0 spiro atoms. The minimum absolute atomic E-state index is 0.00591. The molecular formula is C12H13BrClNO2. The third-order valence-corrected chi connectivity index (χ3v) is 3.57. The molecule has 0 bridgehead atoms. The normalized spacial score (nSPS) is 12.0. The van der Waals surface area contributed by atoms with Gasteiger partial charge in [0.2, 0.25) is 0 Å². The van der Waals surface area contributed by atoms with Crippen LogP contribution >= 0.6 is 27.5 Å². The van der Waals surface area contributed by atoms with Crippen LogP contribution in [0.5, 0.6) is 0 Å². The van der Waals surface area contributed by atoms with Gasteiger partial charge in [-0.3, -0.25) is 9.59 Å². The first kappa shape index (κ1) is 14.2. The zero-order valence-corrected chi connectivity index (χ0v) is 11.9. The lowest BCUT2D eigenvalue weighted by molar-refractivity contribution is -0.120. The predicted octanol–water partition coefficient (Wildman–Crippen LogP) is 3.20. The summed E-state index contributed by atoms with van der Waals surface area (Å²) in [5.41, 5.74) is 0.469. The van der Waals surface area contributed by atoms with Crippen molar-refractivity contribution in [3.63, 3.8) is 0 Å². The van der Waals surface area contributed by atoms with Crippen LogP contribution in [0.15, 0.2) is 22.7 Å². The van der Waals surface area contributed by atoms with E-state index in [4.69, 9.17) is 11.6 Å². The Bertz CT molecular complexity index is 448. The van der Waals surface area contributed by atoms with Crippen LogP contribution in [-0.2, 0) is 4.79 Å². The minimum atomic E-state index is -0.470. The third kappa shape index (κ3) is 3.82. The van der Waals surface area contributed by atoms with Gasteiger partial charge in [-0.15, -0.1) is 0 Å². The molecule has 17 heavy (non-hydrogen) atoms. The van der Waals surface area contributed by atoms with Gasteiger partial charge in [0.1, 0.15) is 0 Å². The van der Waals surface area contributed by atoms with E-state index in [0.29, 0.717) is 21.5 Å². The van der Waals surface area contributed by atoms with Gasteiger partial charge in [-0.25, -0.2) is 0 Å². The van der Waals surface area contributed by atoms with Gasteiger partial charge < -0.3 is 5.32 Å². The highest BCUT2D eigenvalue weighted by Gasteiger charge is 2.15. The number of hydrogen-bond acceptors (Lipinski definition) is 2. The molecule has 1 atom stereocenters. The molecule has 1 rings (SSSR count). The van der Waals surface area contributed by atoms with Crippen LogP contribution in [0.25, 0.3) is 0 Å². The summed E-state index contributed by atoms with van der Waals surface area (Å²) >= 11 is 9.08. The Morgan fingerprint density at radius 3 is 2.65 bits per heavy atom. The Hall–Kier alpha value is -0.870. The van der Waals surface area contributed by atoms with Crippen LogP contribution in [0.1, 0.15) is 30.6 Å². The molecular weight excluding hydrogens is 305 g/mol. The Labute approximate surface area is 114 Å². The fourth-order valence-corrected chi connectivity index (χ4v) is 1.80. The molecule has 0 saturated heterocycles. The summed E-state index contributed by atoms with van der Waals surface area (Å²) < 4.78 is 0.654. The first-order chi connectivity index (χ1) is 7.95. The molecule has 0 aliphatic heterocycles. The smallest absolute Gasteiger partial charge is 0.251 e. The van der Waals surface area contributed by atoms with Crippen molar-refractivity contribution >= 4 is 39.2 Å². The van der Waals surface area contributed by atoms with E-state index in [9.17, 15) is 9.59 Å². The zero-order chi connectivity index (χ0) is 13.0. The molecule has 92 valence electrons. The van der Waals surface area contributed by atoms with E-state index in [0.717, 1.165) is 0 Å². The fourth-order valence-electron chi connectivity index (χ4n) is 1.30. The van der Waals surface area contributed by atoms with Crippen molar-refractivity contribution < 1.29 is 9.59 Å². The Balaban J connectivity index is 2.76. The van der Waals surface area contributed by atoms with E-state index < -0.39 is 6.04 Å². The Kier molecular flexibility index (Phi) is 5.15. The number of rotatable bonds is 4. The van der Waals surface area contributed by atoms with Crippen LogP contribution in [0.4, 0.5) is 0 Å². The number of nitrogens with one attached hydrogen (secondary N) is 1. The van der Waals surface area contributed by atoms with Crippen molar-refractivity contribution in [1.82, 2.24) is 5.32 Å². The second-order valence-electron chi connectivity index (χ2n) is 3.64. The highest BCUT2D eigenvalue weighted by atomic mass is 79.9. The first-order valence-electron chi connectivity index (χ1n) is 5.24. The van der Waals surface area contributed by atoms with Gasteiger partial charge in [0.15, 0.2) is 5.78 Å².